The summed E-state index contributed by atoms with van der Waals surface area (Å²) in [4.78, 5) is 42.0. The number of ether oxygens (including phenoxy) is 1. The summed E-state index contributed by atoms with van der Waals surface area (Å²) in [6.07, 6.45) is 5.45. The lowest BCUT2D eigenvalue weighted by molar-refractivity contribution is -0.129. The number of amides is 1. The molecule has 2 atom stereocenters. The number of fused-ring (bicyclic) bond motifs is 3. The molecule has 1 aliphatic carbocycles. The smallest absolute Gasteiger partial charge is 0.410 e. The van der Waals surface area contributed by atoms with Gasteiger partial charge in [-0.3, -0.25) is 10.3 Å². The predicted molar refractivity (Wildman–Crippen MR) is 172 cm³/mol. The predicted octanol–water partition coefficient (Wildman–Crippen LogP) is 7.44. The Morgan fingerprint density at radius 2 is 1.64 bits per heavy atom. The Kier molecular flexibility index (Phi) is 7.42. The van der Waals surface area contributed by atoms with E-state index in [4.69, 9.17) is 15.1 Å². The highest BCUT2D eigenvalue weighted by Gasteiger charge is 2.37. The number of carboxylic acid groups (broad SMARTS) is 1. The summed E-state index contributed by atoms with van der Waals surface area (Å²) < 4.78 is 5.65. The van der Waals surface area contributed by atoms with Crippen molar-refractivity contribution in [2.45, 2.75) is 83.8 Å². The first-order valence-electron chi connectivity index (χ1n) is 15.5. The van der Waals surface area contributed by atoms with E-state index in [1.54, 1.807) is 11.1 Å². The molecule has 1 saturated heterocycles. The third-order valence-electron chi connectivity index (χ3n) is 9.00. The summed E-state index contributed by atoms with van der Waals surface area (Å²) >= 11 is 0. The van der Waals surface area contributed by atoms with Crippen molar-refractivity contribution in [3.8, 4) is 33.6 Å². The Morgan fingerprint density at radius 1 is 1.04 bits per heavy atom. The quantitative estimate of drug-likeness (QED) is 0.160. The van der Waals surface area contributed by atoms with Crippen LogP contribution in [-0.2, 0) is 14.9 Å². The highest BCUT2D eigenvalue weighted by molar-refractivity contribution is 6.36. The zero-order valence-corrected chi connectivity index (χ0v) is 26.6. The molecule has 6 rings (SSSR count). The Labute approximate surface area is 262 Å². The first kappa shape index (κ1) is 30.3. The van der Waals surface area contributed by atoms with Gasteiger partial charge in [0.1, 0.15) is 23.0 Å². The van der Waals surface area contributed by atoms with Gasteiger partial charge in [-0.05, 0) is 85.5 Å². The molecule has 1 fully saturated rings. The molecule has 3 heterocycles. The third-order valence-corrected chi connectivity index (χ3v) is 9.00. The second-order valence-electron chi connectivity index (χ2n) is 13.5. The van der Waals surface area contributed by atoms with E-state index in [-0.39, 0.29) is 23.3 Å². The van der Waals surface area contributed by atoms with E-state index in [0.717, 1.165) is 41.2 Å². The standard InChI is InChI=1S/C35H40N6O4/c1-7-21(29(36)32(42)43)30-37-17-26(39-30)19-10-12-22-23-13-11-20(16-25(23)35(5,6)24(22)15-19)27-18-38-31(40-27)28-9-8-14-41(28)33(44)45-34(2,3)4/h10-13,15-18,21,28,36H,7-9,14H2,1-6H3,(H,37,39)(H,38,40)(H,42,43). The van der Waals surface area contributed by atoms with Crippen molar-refractivity contribution in [3.63, 3.8) is 0 Å². The van der Waals surface area contributed by atoms with Crippen molar-refractivity contribution in [2.75, 3.05) is 6.54 Å². The lowest BCUT2D eigenvalue weighted by Crippen LogP contribution is -2.36. The average Bonchev–Trinajstić information content (AvgIpc) is 3.79. The van der Waals surface area contributed by atoms with Gasteiger partial charge < -0.3 is 19.8 Å². The molecular weight excluding hydrogens is 568 g/mol. The second-order valence-corrected chi connectivity index (χ2v) is 13.5. The minimum absolute atomic E-state index is 0.146. The van der Waals surface area contributed by atoms with E-state index in [1.807, 2.05) is 33.9 Å². The molecule has 4 aromatic rings. The maximum Gasteiger partial charge on any atom is 0.410 e. The van der Waals surface area contributed by atoms with Gasteiger partial charge in [-0.1, -0.05) is 45.0 Å². The summed E-state index contributed by atoms with van der Waals surface area (Å²) in [5.41, 5.74) is 7.23. The van der Waals surface area contributed by atoms with E-state index in [0.29, 0.717) is 18.8 Å². The number of hydrogen-bond donors (Lipinski definition) is 4. The minimum atomic E-state index is -1.23. The third kappa shape index (κ3) is 5.43. The van der Waals surface area contributed by atoms with Gasteiger partial charge in [0.05, 0.1) is 35.7 Å². The molecule has 1 aliphatic heterocycles. The van der Waals surface area contributed by atoms with Gasteiger partial charge in [0, 0.05) is 12.0 Å². The van der Waals surface area contributed by atoms with Crippen LogP contribution in [0.4, 0.5) is 4.79 Å². The Balaban J connectivity index is 1.26. The number of carbonyl (C=O) groups is 2. The molecule has 2 aliphatic rings. The number of nitrogens with one attached hydrogen (secondary N) is 3. The van der Waals surface area contributed by atoms with Crippen LogP contribution in [0, 0.1) is 5.41 Å². The first-order valence-corrected chi connectivity index (χ1v) is 15.5. The fraction of sp³-hybridized carbons (Fsp3) is 0.400. The highest BCUT2D eigenvalue weighted by Crippen LogP contribution is 2.50. The van der Waals surface area contributed by atoms with Crippen molar-refractivity contribution >= 4 is 17.8 Å². The van der Waals surface area contributed by atoms with Crippen LogP contribution in [0.15, 0.2) is 48.8 Å². The number of hydrogen-bond acceptors (Lipinski definition) is 6. The number of H-pyrrole nitrogens is 2. The van der Waals surface area contributed by atoms with E-state index in [2.05, 4.69) is 65.2 Å². The molecule has 10 heteroatoms. The zero-order chi connectivity index (χ0) is 32.3. The average molecular weight is 609 g/mol. The molecule has 0 saturated carbocycles. The number of aromatic amines is 2. The SMILES string of the molecule is CCC(C(=N)C(=O)O)c1ncc(-c2ccc3c(c2)C(C)(C)c2cc(-c4cnc(C5CCCN5C(=O)OC(C)(C)C)[nH]4)ccc2-3)[nH]1. The Hall–Kier alpha value is -4.73. The van der Waals surface area contributed by atoms with Crippen LogP contribution < -0.4 is 0 Å². The number of aromatic nitrogens is 4. The molecule has 2 unspecified atom stereocenters. The van der Waals surface area contributed by atoms with Crippen LogP contribution >= 0.6 is 0 Å². The van der Waals surface area contributed by atoms with E-state index < -0.39 is 17.5 Å². The molecule has 0 spiro atoms. The normalized spacial score (nSPS) is 17.6. The number of aliphatic carboxylic acids is 1. The number of benzene rings is 2. The molecule has 2 aromatic heterocycles. The number of rotatable bonds is 7. The van der Waals surface area contributed by atoms with Crippen molar-refractivity contribution in [3.05, 3.63) is 71.6 Å². The summed E-state index contributed by atoms with van der Waals surface area (Å²) in [5, 5.41) is 17.3. The van der Waals surface area contributed by atoms with Crippen LogP contribution in [0.5, 0.6) is 0 Å². The number of carboxylic acids is 1. The highest BCUT2D eigenvalue weighted by atomic mass is 16.6. The van der Waals surface area contributed by atoms with Gasteiger partial charge in [-0.25, -0.2) is 19.6 Å². The zero-order valence-electron chi connectivity index (χ0n) is 26.6. The van der Waals surface area contributed by atoms with Gasteiger partial charge in [0.25, 0.3) is 0 Å². The minimum Gasteiger partial charge on any atom is -0.477 e. The maximum absolute atomic E-state index is 12.9. The number of carbonyl (C=O) groups excluding carboxylic acids is 1. The molecule has 1 amide bonds. The summed E-state index contributed by atoms with van der Waals surface area (Å²) in [6, 6.07) is 12.7. The molecule has 45 heavy (non-hydrogen) atoms. The molecular formula is C35H40N6O4. The molecule has 0 bridgehead atoms. The summed E-state index contributed by atoms with van der Waals surface area (Å²) in [6.45, 7) is 12.6. The van der Waals surface area contributed by atoms with E-state index in [1.165, 1.54) is 22.3 Å². The molecule has 0 radical (unpaired) electrons. The van der Waals surface area contributed by atoms with Crippen LogP contribution in [0.1, 0.15) is 95.5 Å². The molecule has 2 aromatic carbocycles. The van der Waals surface area contributed by atoms with E-state index in [9.17, 15) is 14.7 Å². The molecule has 234 valence electrons. The summed E-state index contributed by atoms with van der Waals surface area (Å²) in [7, 11) is 0. The van der Waals surface area contributed by atoms with E-state index >= 15 is 0 Å². The fourth-order valence-electron chi connectivity index (χ4n) is 6.66. The molecule has 4 N–H and O–H groups in total. The Morgan fingerprint density at radius 3 is 2.22 bits per heavy atom. The van der Waals surface area contributed by atoms with Crippen LogP contribution in [0.25, 0.3) is 33.6 Å². The van der Waals surface area contributed by atoms with Crippen LogP contribution in [0.3, 0.4) is 0 Å². The number of likely N-dealkylation sites (tertiary alicyclic amines) is 1. The van der Waals surface area contributed by atoms with Crippen molar-refractivity contribution in [1.82, 2.24) is 24.8 Å². The first-order chi connectivity index (χ1) is 21.3. The van der Waals surface area contributed by atoms with Crippen molar-refractivity contribution in [2.24, 2.45) is 0 Å². The van der Waals surface area contributed by atoms with Crippen molar-refractivity contribution < 1.29 is 19.4 Å². The van der Waals surface area contributed by atoms with Gasteiger partial charge >= 0.3 is 12.1 Å². The largest absolute Gasteiger partial charge is 0.477 e. The number of imidazole rings is 2. The monoisotopic (exact) mass is 608 g/mol. The topological polar surface area (TPSA) is 148 Å². The van der Waals surface area contributed by atoms with Gasteiger partial charge in [0.15, 0.2) is 0 Å². The van der Waals surface area contributed by atoms with Gasteiger partial charge in [0.2, 0.25) is 0 Å². The Bertz CT molecular complexity index is 1810. The molecule has 10 nitrogen and oxygen atoms in total. The second kappa shape index (κ2) is 11.0. The van der Waals surface area contributed by atoms with Crippen LogP contribution in [0.2, 0.25) is 0 Å². The lowest BCUT2D eigenvalue weighted by atomic mass is 9.81. The van der Waals surface area contributed by atoms with Crippen LogP contribution in [-0.4, -0.2) is 59.9 Å². The van der Waals surface area contributed by atoms with Gasteiger partial charge in [-0.2, -0.15) is 0 Å². The maximum atomic E-state index is 12.9. The van der Waals surface area contributed by atoms with Crippen molar-refractivity contribution in [1.29, 1.82) is 5.41 Å². The fourth-order valence-corrected chi connectivity index (χ4v) is 6.66. The van der Waals surface area contributed by atoms with Gasteiger partial charge in [-0.15, -0.1) is 0 Å². The lowest BCUT2D eigenvalue weighted by Gasteiger charge is -2.27. The summed E-state index contributed by atoms with van der Waals surface area (Å²) in [5.74, 6) is -0.576. The number of nitrogens with zero attached hydrogens (tertiary/aromatic N) is 3.